The molecule has 2 nitrogen and oxygen atoms in total. The predicted molar refractivity (Wildman–Crippen MR) is 81.5 cm³/mol. The standard InChI is InChI=1S/C16H15BF2O2/c1-11-9-14(16(10-12(11)2)21-17(18)19)15(20)8-7-13-5-3-4-6-13/h3-10,20H,1-2H3. The van der Waals surface area contributed by atoms with Crippen molar-refractivity contribution in [1.82, 2.24) is 0 Å². The first kappa shape index (κ1) is 15.1. The van der Waals surface area contributed by atoms with Gasteiger partial charge < -0.3 is 9.76 Å². The molecule has 1 aromatic carbocycles. The highest BCUT2D eigenvalue weighted by molar-refractivity contribution is 6.35. The molecule has 0 amide bonds. The molecular weight excluding hydrogens is 273 g/mol. The Morgan fingerprint density at radius 3 is 2.38 bits per heavy atom. The molecule has 0 radical (unpaired) electrons. The van der Waals surface area contributed by atoms with Gasteiger partial charge in [-0.3, -0.25) is 0 Å². The maximum Gasteiger partial charge on any atom is 0.796 e. The molecule has 1 aliphatic rings. The van der Waals surface area contributed by atoms with E-state index in [1.165, 1.54) is 12.1 Å². The van der Waals surface area contributed by atoms with Crippen LogP contribution in [-0.2, 0) is 0 Å². The molecule has 0 bridgehead atoms. The van der Waals surface area contributed by atoms with Crippen molar-refractivity contribution in [3.8, 4) is 5.75 Å². The van der Waals surface area contributed by atoms with Crippen molar-refractivity contribution in [1.29, 1.82) is 0 Å². The lowest BCUT2D eigenvalue weighted by Crippen LogP contribution is -2.10. The number of aliphatic hydroxyl groups is 1. The molecule has 108 valence electrons. The topological polar surface area (TPSA) is 29.5 Å². The first-order chi connectivity index (χ1) is 9.97. The van der Waals surface area contributed by atoms with Crippen LogP contribution in [0.4, 0.5) is 8.63 Å². The minimum absolute atomic E-state index is 0.0299. The van der Waals surface area contributed by atoms with Crippen LogP contribution in [-0.4, -0.2) is 12.6 Å². The number of hydrogen-bond donors (Lipinski definition) is 1. The highest BCUT2D eigenvalue weighted by Gasteiger charge is 2.21. The van der Waals surface area contributed by atoms with Crippen molar-refractivity contribution in [2.24, 2.45) is 0 Å². The van der Waals surface area contributed by atoms with Gasteiger partial charge in [0.25, 0.3) is 0 Å². The lowest BCUT2D eigenvalue weighted by molar-refractivity contribution is 0.421. The van der Waals surface area contributed by atoms with Crippen molar-refractivity contribution in [2.45, 2.75) is 13.8 Å². The predicted octanol–water partition coefficient (Wildman–Crippen LogP) is 4.56. The Bertz CT molecular complexity index is 644. The lowest BCUT2D eigenvalue weighted by Gasteiger charge is -2.12. The molecule has 0 heterocycles. The normalized spacial score (nSPS) is 13.7. The number of halogens is 2. The second-order valence-electron chi connectivity index (χ2n) is 4.75. The zero-order chi connectivity index (χ0) is 15.4. The smallest absolute Gasteiger partial charge is 0.507 e. The summed E-state index contributed by atoms with van der Waals surface area (Å²) in [6.07, 6.45) is 10.7. The zero-order valence-electron chi connectivity index (χ0n) is 11.8. The van der Waals surface area contributed by atoms with Crippen LogP contribution in [0.5, 0.6) is 5.75 Å². The van der Waals surface area contributed by atoms with E-state index in [2.05, 4.69) is 4.65 Å². The SMILES string of the molecule is Cc1cc(OB(F)F)c(C(O)=CC=C2C=CC=C2)cc1C. The average molecular weight is 288 g/mol. The van der Waals surface area contributed by atoms with E-state index in [0.717, 1.165) is 16.7 Å². The average Bonchev–Trinajstić information content (AvgIpc) is 2.92. The first-order valence-corrected chi connectivity index (χ1v) is 6.49. The molecule has 1 N–H and O–H groups in total. The van der Waals surface area contributed by atoms with Crippen LogP contribution in [0.1, 0.15) is 16.7 Å². The molecule has 0 saturated carbocycles. The third-order valence-electron chi connectivity index (χ3n) is 3.21. The molecule has 2 rings (SSSR count). The van der Waals surface area contributed by atoms with Gasteiger partial charge in [-0.05, 0) is 48.8 Å². The molecule has 0 atom stereocenters. The minimum Gasteiger partial charge on any atom is -0.507 e. The highest BCUT2D eigenvalue weighted by Crippen LogP contribution is 2.29. The lowest BCUT2D eigenvalue weighted by atomic mass is 10.0. The van der Waals surface area contributed by atoms with Crippen molar-refractivity contribution in [3.63, 3.8) is 0 Å². The molecule has 1 aromatic rings. The molecule has 0 fully saturated rings. The number of rotatable bonds is 4. The quantitative estimate of drug-likeness (QED) is 0.650. The fourth-order valence-corrected chi connectivity index (χ4v) is 1.95. The fraction of sp³-hybridized carbons (Fsp3) is 0.125. The molecule has 1 aliphatic carbocycles. The maximum atomic E-state index is 12.5. The Labute approximate surface area is 123 Å². The summed E-state index contributed by atoms with van der Waals surface area (Å²) in [4.78, 5) is 0. The van der Waals surface area contributed by atoms with Gasteiger partial charge in [0.2, 0.25) is 0 Å². The fourth-order valence-electron chi connectivity index (χ4n) is 1.95. The van der Waals surface area contributed by atoms with E-state index in [1.807, 2.05) is 31.2 Å². The van der Waals surface area contributed by atoms with Crippen LogP contribution in [0.15, 0.2) is 54.2 Å². The van der Waals surface area contributed by atoms with Gasteiger partial charge in [-0.15, -0.1) is 0 Å². The summed E-state index contributed by atoms with van der Waals surface area (Å²) in [5.41, 5.74) is 2.88. The van der Waals surface area contributed by atoms with Crippen molar-refractivity contribution in [3.05, 3.63) is 70.9 Å². The van der Waals surface area contributed by atoms with E-state index >= 15 is 0 Å². The summed E-state index contributed by atoms with van der Waals surface area (Å²) in [5.74, 6) is -0.146. The van der Waals surface area contributed by atoms with E-state index in [9.17, 15) is 13.7 Å². The van der Waals surface area contributed by atoms with Crippen LogP contribution in [0.25, 0.3) is 5.76 Å². The molecule has 0 unspecified atom stereocenters. The van der Waals surface area contributed by atoms with E-state index in [-0.39, 0.29) is 17.1 Å². The summed E-state index contributed by atoms with van der Waals surface area (Å²) in [6, 6.07) is 3.14. The van der Waals surface area contributed by atoms with Crippen LogP contribution in [0, 0.1) is 13.8 Å². The molecule has 0 aromatic heterocycles. The van der Waals surface area contributed by atoms with Crippen molar-refractivity contribution >= 4 is 13.2 Å². The van der Waals surface area contributed by atoms with E-state index in [0.29, 0.717) is 0 Å². The largest absolute Gasteiger partial charge is 0.796 e. The maximum absolute atomic E-state index is 12.5. The molecule has 0 spiro atoms. The van der Waals surface area contributed by atoms with Gasteiger partial charge in [-0.2, -0.15) is 0 Å². The van der Waals surface area contributed by atoms with Crippen molar-refractivity contribution in [2.75, 3.05) is 0 Å². The molecule has 0 saturated heterocycles. The second kappa shape index (κ2) is 6.44. The number of hydrogen-bond acceptors (Lipinski definition) is 2. The van der Waals surface area contributed by atoms with Gasteiger partial charge in [0.05, 0.1) is 5.56 Å². The summed E-state index contributed by atoms with van der Waals surface area (Å²) in [5, 5.41) is 10.1. The number of allylic oxidation sites excluding steroid dienone is 7. The number of aryl methyl sites for hydroxylation is 2. The Balaban J connectivity index is 2.38. The molecule has 0 aliphatic heterocycles. The van der Waals surface area contributed by atoms with Crippen LogP contribution in [0.3, 0.4) is 0 Å². The summed E-state index contributed by atoms with van der Waals surface area (Å²) in [7, 11) is -2.93. The number of benzene rings is 1. The third-order valence-corrected chi connectivity index (χ3v) is 3.21. The minimum atomic E-state index is -2.93. The summed E-state index contributed by atoms with van der Waals surface area (Å²) >= 11 is 0. The van der Waals surface area contributed by atoms with E-state index in [1.54, 1.807) is 19.1 Å². The van der Waals surface area contributed by atoms with E-state index in [4.69, 9.17) is 0 Å². The van der Waals surface area contributed by atoms with Gasteiger partial charge in [0, 0.05) is 0 Å². The van der Waals surface area contributed by atoms with E-state index < -0.39 is 7.47 Å². The zero-order valence-corrected chi connectivity index (χ0v) is 11.8. The summed E-state index contributed by atoms with van der Waals surface area (Å²) < 4.78 is 29.4. The highest BCUT2D eigenvalue weighted by atomic mass is 19.2. The van der Waals surface area contributed by atoms with Crippen LogP contribution in [0.2, 0.25) is 0 Å². The van der Waals surface area contributed by atoms with Gasteiger partial charge in [0.15, 0.2) is 0 Å². The van der Waals surface area contributed by atoms with Crippen LogP contribution < -0.4 is 4.65 Å². The Hall–Kier alpha value is -2.30. The Morgan fingerprint density at radius 1 is 1.14 bits per heavy atom. The van der Waals surface area contributed by atoms with Gasteiger partial charge in [0.1, 0.15) is 11.5 Å². The summed E-state index contributed by atoms with van der Waals surface area (Å²) in [6.45, 7) is 3.65. The third kappa shape index (κ3) is 3.84. The van der Waals surface area contributed by atoms with Crippen LogP contribution >= 0.6 is 0 Å². The van der Waals surface area contributed by atoms with Gasteiger partial charge in [-0.1, -0.05) is 30.4 Å². The molecule has 21 heavy (non-hydrogen) atoms. The molecular formula is C16H15BF2O2. The monoisotopic (exact) mass is 288 g/mol. The second-order valence-corrected chi connectivity index (χ2v) is 4.75. The number of aliphatic hydroxyl groups excluding tert-OH is 1. The van der Waals surface area contributed by atoms with Gasteiger partial charge >= 0.3 is 7.47 Å². The Kier molecular flexibility index (Phi) is 4.63. The van der Waals surface area contributed by atoms with Crippen molar-refractivity contribution < 1.29 is 18.4 Å². The Morgan fingerprint density at radius 2 is 1.76 bits per heavy atom. The first-order valence-electron chi connectivity index (χ1n) is 6.49. The molecule has 5 heteroatoms. The van der Waals surface area contributed by atoms with Gasteiger partial charge in [-0.25, -0.2) is 8.63 Å².